The molecule has 3 aromatic heterocycles. The monoisotopic (exact) mass is 464 g/mol. The lowest BCUT2D eigenvalue weighted by Gasteiger charge is -2.40. The van der Waals surface area contributed by atoms with Crippen LogP contribution in [0.4, 0.5) is 27.7 Å². The van der Waals surface area contributed by atoms with Crippen LogP contribution in [0.5, 0.6) is 0 Å². The maximum absolute atomic E-state index is 13.2. The highest BCUT2D eigenvalue weighted by molar-refractivity contribution is 6.04. The fourth-order valence-corrected chi connectivity index (χ4v) is 4.12. The van der Waals surface area contributed by atoms with Crippen molar-refractivity contribution in [3.8, 4) is 0 Å². The zero-order chi connectivity index (χ0) is 23.7. The number of piperazine rings is 1. The molecule has 0 spiro atoms. The highest BCUT2D eigenvalue weighted by atomic mass is 19.1. The van der Waals surface area contributed by atoms with E-state index in [0.29, 0.717) is 49.9 Å². The van der Waals surface area contributed by atoms with Gasteiger partial charge in [0, 0.05) is 45.0 Å². The molecule has 0 saturated carbocycles. The van der Waals surface area contributed by atoms with E-state index >= 15 is 0 Å². The average molecular weight is 465 g/mol. The minimum atomic E-state index is -0.351. The average Bonchev–Trinajstić information content (AvgIpc) is 2.83. The summed E-state index contributed by atoms with van der Waals surface area (Å²) in [5, 5.41) is 12.2. The molecule has 0 radical (unpaired) electrons. The number of amides is 1. The summed E-state index contributed by atoms with van der Waals surface area (Å²) in [6.07, 6.45) is 5.60. The highest BCUT2D eigenvalue weighted by Crippen LogP contribution is 2.22. The molecule has 1 amide bonds. The molecule has 3 aromatic rings. The Labute approximate surface area is 196 Å². The number of rotatable bonds is 5. The number of β-amino-alcohol motifs (C(OH)–C–C–N with tert-alkyl or cyclic N) is 1. The summed E-state index contributed by atoms with van der Waals surface area (Å²) in [4.78, 5) is 36.0. The summed E-state index contributed by atoms with van der Waals surface area (Å²) in [7, 11) is 0. The largest absolute Gasteiger partial charge is 0.389 e. The van der Waals surface area contributed by atoms with E-state index in [1.54, 1.807) is 30.6 Å². The van der Waals surface area contributed by atoms with Crippen LogP contribution in [0.1, 0.15) is 17.3 Å². The molecule has 5 rings (SSSR count). The number of anilines is 4. The third kappa shape index (κ3) is 4.60. The second-order valence-electron chi connectivity index (χ2n) is 8.51. The number of nitrogens with one attached hydrogen (secondary N) is 1. The number of aliphatic hydroxyl groups excluding tert-OH is 1. The number of halogens is 1. The third-order valence-corrected chi connectivity index (χ3v) is 6.01. The van der Waals surface area contributed by atoms with Crippen molar-refractivity contribution in [1.82, 2.24) is 19.9 Å². The fourth-order valence-electron chi connectivity index (χ4n) is 4.12. The molecule has 1 atom stereocenters. The zero-order valence-electron chi connectivity index (χ0n) is 18.7. The lowest BCUT2D eigenvalue weighted by Crippen LogP contribution is -2.52. The van der Waals surface area contributed by atoms with Crippen LogP contribution in [-0.2, 0) is 0 Å². The Bertz CT molecular complexity index is 1140. The first-order valence-electron chi connectivity index (χ1n) is 11.1. The molecular weight excluding hydrogens is 439 g/mol. The quantitative estimate of drug-likeness (QED) is 0.581. The van der Waals surface area contributed by atoms with Gasteiger partial charge in [-0.25, -0.2) is 24.3 Å². The maximum atomic E-state index is 13.2. The number of hydrogen-bond acceptors (Lipinski definition) is 9. The Morgan fingerprint density at radius 2 is 1.68 bits per heavy atom. The Kier molecular flexibility index (Phi) is 5.93. The van der Waals surface area contributed by atoms with Gasteiger partial charge in [-0.05, 0) is 31.2 Å². The van der Waals surface area contributed by atoms with Crippen molar-refractivity contribution in [3.63, 3.8) is 0 Å². The lowest BCUT2D eigenvalue weighted by atomic mass is 10.1. The predicted molar refractivity (Wildman–Crippen MR) is 126 cm³/mol. The molecule has 11 heteroatoms. The Morgan fingerprint density at radius 3 is 2.29 bits per heavy atom. The van der Waals surface area contributed by atoms with E-state index in [4.69, 9.17) is 0 Å². The van der Waals surface area contributed by atoms with Gasteiger partial charge >= 0.3 is 0 Å². The van der Waals surface area contributed by atoms with E-state index < -0.39 is 0 Å². The van der Waals surface area contributed by atoms with Crippen LogP contribution < -0.4 is 20.0 Å². The number of pyridine rings is 2. The van der Waals surface area contributed by atoms with E-state index in [-0.39, 0.29) is 23.9 Å². The Morgan fingerprint density at radius 1 is 0.941 bits per heavy atom. The van der Waals surface area contributed by atoms with Crippen molar-refractivity contribution in [1.29, 1.82) is 0 Å². The van der Waals surface area contributed by atoms with Crippen LogP contribution in [0.2, 0.25) is 0 Å². The molecule has 2 aliphatic rings. The number of carbonyl (C=O) groups excluding carboxylic acids is 1. The summed E-state index contributed by atoms with van der Waals surface area (Å²) in [5.74, 6) is 1.42. The molecule has 2 N–H and O–H groups in total. The topological polar surface area (TPSA) is 111 Å². The van der Waals surface area contributed by atoms with E-state index in [9.17, 15) is 14.3 Å². The van der Waals surface area contributed by atoms with Crippen molar-refractivity contribution >= 4 is 29.2 Å². The second kappa shape index (κ2) is 9.18. The summed E-state index contributed by atoms with van der Waals surface area (Å²) in [5.41, 5.74) is 0.916. The van der Waals surface area contributed by atoms with Crippen molar-refractivity contribution in [3.05, 3.63) is 60.4 Å². The van der Waals surface area contributed by atoms with Crippen molar-refractivity contribution < 1.29 is 14.3 Å². The van der Waals surface area contributed by atoms with Crippen LogP contribution in [-0.4, -0.2) is 75.8 Å². The molecule has 5 heterocycles. The van der Waals surface area contributed by atoms with Crippen LogP contribution in [0.15, 0.2) is 49.1 Å². The molecule has 0 aromatic carbocycles. The van der Waals surface area contributed by atoms with Gasteiger partial charge in [-0.15, -0.1) is 0 Å². The van der Waals surface area contributed by atoms with Gasteiger partial charge in [0.2, 0.25) is 5.95 Å². The molecule has 0 bridgehead atoms. The van der Waals surface area contributed by atoms with Crippen LogP contribution in [0.3, 0.4) is 0 Å². The molecule has 2 saturated heterocycles. The minimum Gasteiger partial charge on any atom is -0.389 e. The number of carbonyl (C=O) groups is 1. The third-order valence-electron chi connectivity index (χ3n) is 6.01. The van der Waals surface area contributed by atoms with Gasteiger partial charge in [0.25, 0.3) is 5.91 Å². The smallest absolute Gasteiger partial charge is 0.257 e. The van der Waals surface area contributed by atoms with E-state index in [0.717, 1.165) is 11.6 Å². The first kappa shape index (κ1) is 22.0. The summed E-state index contributed by atoms with van der Waals surface area (Å²) < 4.78 is 13.2. The first-order chi connectivity index (χ1) is 16.5. The van der Waals surface area contributed by atoms with Gasteiger partial charge in [0.05, 0.1) is 35.9 Å². The summed E-state index contributed by atoms with van der Waals surface area (Å²) in [6, 6.07) is 6.72. The second-order valence-corrected chi connectivity index (χ2v) is 8.51. The molecule has 34 heavy (non-hydrogen) atoms. The van der Waals surface area contributed by atoms with E-state index in [1.165, 1.54) is 18.5 Å². The number of hydrogen-bond donors (Lipinski definition) is 2. The molecule has 2 aliphatic heterocycles. The van der Waals surface area contributed by atoms with Crippen LogP contribution in [0, 0.1) is 5.82 Å². The molecule has 0 aliphatic carbocycles. The molecular formula is C23H25FN8O2. The Hall–Kier alpha value is -3.86. The summed E-state index contributed by atoms with van der Waals surface area (Å²) in [6.45, 7) is 5.28. The van der Waals surface area contributed by atoms with E-state index in [1.807, 2.05) is 4.90 Å². The van der Waals surface area contributed by atoms with E-state index in [2.05, 4.69) is 42.0 Å². The van der Waals surface area contributed by atoms with Gasteiger partial charge in [-0.3, -0.25) is 4.79 Å². The number of nitrogens with zero attached hydrogens (tertiary/aromatic N) is 7. The summed E-state index contributed by atoms with van der Waals surface area (Å²) >= 11 is 0. The van der Waals surface area contributed by atoms with Gasteiger partial charge in [-0.2, -0.15) is 0 Å². The minimum absolute atomic E-state index is 0.143. The number of aromatic nitrogens is 4. The van der Waals surface area contributed by atoms with Crippen molar-refractivity contribution in [2.24, 2.45) is 0 Å². The van der Waals surface area contributed by atoms with Crippen molar-refractivity contribution in [2.75, 3.05) is 52.7 Å². The fraction of sp³-hybridized carbons (Fsp3) is 0.348. The van der Waals surface area contributed by atoms with Crippen molar-refractivity contribution in [2.45, 2.75) is 19.1 Å². The van der Waals surface area contributed by atoms with Gasteiger partial charge in [0.15, 0.2) is 0 Å². The van der Waals surface area contributed by atoms with Gasteiger partial charge in [0.1, 0.15) is 17.5 Å². The highest BCUT2D eigenvalue weighted by Gasteiger charge is 2.27. The maximum Gasteiger partial charge on any atom is 0.257 e. The molecule has 2 fully saturated rings. The lowest BCUT2D eigenvalue weighted by molar-refractivity contribution is 0.102. The number of aliphatic hydroxyl groups is 1. The molecule has 10 nitrogen and oxygen atoms in total. The standard InChI is InChI=1S/C23H25FN8O2/c1-15-12-30(6-7-32(15)21-5-3-17(24)9-26-21)23-27-10-18(11-28-23)29-22(34)16-2-4-20(25-8-16)31-13-19(33)14-31/h2-5,8-11,15,19,33H,6-7,12-14H2,1H3,(H,29,34)/t15-/m0/s1. The van der Waals surface area contributed by atoms with Gasteiger partial charge in [-0.1, -0.05) is 0 Å². The molecule has 176 valence electrons. The van der Waals surface area contributed by atoms with Gasteiger partial charge < -0.3 is 25.1 Å². The van der Waals surface area contributed by atoms with Crippen LogP contribution >= 0.6 is 0 Å². The zero-order valence-corrected chi connectivity index (χ0v) is 18.7. The Balaban J connectivity index is 1.17. The SMILES string of the molecule is C[C@H]1CN(c2ncc(NC(=O)c3ccc(N4CC(O)C4)nc3)cn2)CCN1c1ccc(F)cn1. The molecule has 0 unspecified atom stereocenters. The first-order valence-corrected chi connectivity index (χ1v) is 11.1. The van der Waals surface area contributed by atoms with Crippen LogP contribution in [0.25, 0.3) is 0 Å². The normalized spacial score (nSPS) is 18.6. The predicted octanol–water partition coefficient (Wildman–Crippen LogP) is 1.55.